The molecule has 2 aromatic rings. The monoisotopic (exact) mass is 282 g/mol. The van der Waals surface area contributed by atoms with E-state index in [-0.39, 0.29) is 5.91 Å². The summed E-state index contributed by atoms with van der Waals surface area (Å²) in [6.07, 6.45) is 1.34. The maximum atomic E-state index is 12.6. The summed E-state index contributed by atoms with van der Waals surface area (Å²) in [7, 11) is 0. The Bertz CT molecular complexity index is 588. The van der Waals surface area contributed by atoms with E-state index in [0.717, 1.165) is 17.7 Å². The summed E-state index contributed by atoms with van der Waals surface area (Å²) < 4.78 is 0. The fourth-order valence-electron chi connectivity index (χ4n) is 2.25. The van der Waals surface area contributed by atoms with E-state index >= 15 is 0 Å². The molecule has 0 spiro atoms. The number of benzene rings is 2. The van der Waals surface area contributed by atoms with Crippen molar-refractivity contribution in [2.24, 2.45) is 0 Å². The highest BCUT2D eigenvalue weighted by Gasteiger charge is 2.15. The zero-order valence-electron chi connectivity index (χ0n) is 12.7. The predicted molar refractivity (Wildman–Crippen MR) is 88.4 cm³/mol. The molecule has 0 saturated heterocycles. The van der Waals surface area contributed by atoms with Crippen LogP contribution in [0.4, 0.5) is 11.4 Å². The molecule has 3 nitrogen and oxygen atoms in total. The summed E-state index contributed by atoms with van der Waals surface area (Å²) in [6, 6.07) is 15.6. The highest BCUT2D eigenvalue weighted by Crippen LogP contribution is 2.18. The van der Waals surface area contributed by atoms with E-state index in [4.69, 9.17) is 5.73 Å². The Labute approximate surface area is 126 Å². The molecule has 0 aliphatic carbocycles. The van der Waals surface area contributed by atoms with Crippen molar-refractivity contribution in [1.29, 1.82) is 0 Å². The van der Waals surface area contributed by atoms with Gasteiger partial charge in [-0.1, -0.05) is 36.8 Å². The smallest absolute Gasteiger partial charge is 0.231 e. The second-order valence-electron chi connectivity index (χ2n) is 5.30. The zero-order valence-corrected chi connectivity index (χ0v) is 12.7. The summed E-state index contributed by atoms with van der Waals surface area (Å²) in [6.45, 7) is 4.83. The minimum Gasteiger partial charge on any atom is -0.399 e. The molecule has 0 heterocycles. The maximum Gasteiger partial charge on any atom is 0.231 e. The van der Waals surface area contributed by atoms with E-state index in [2.05, 4.69) is 6.92 Å². The van der Waals surface area contributed by atoms with Crippen LogP contribution in [0.1, 0.15) is 24.5 Å². The average molecular weight is 282 g/mol. The van der Waals surface area contributed by atoms with Crippen LogP contribution in [0, 0.1) is 6.92 Å². The first-order chi connectivity index (χ1) is 10.1. The fourth-order valence-corrected chi connectivity index (χ4v) is 2.25. The molecule has 0 radical (unpaired) electrons. The minimum absolute atomic E-state index is 0.116. The number of carbonyl (C=O) groups excluding carboxylic acids is 1. The van der Waals surface area contributed by atoms with Gasteiger partial charge < -0.3 is 10.6 Å². The van der Waals surface area contributed by atoms with Gasteiger partial charge in [-0.15, -0.1) is 0 Å². The molecule has 0 bridgehead atoms. The number of hydrogen-bond acceptors (Lipinski definition) is 2. The Balaban J connectivity index is 2.15. The van der Waals surface area contributed by atoms with Gasteiger partial charge in [-0.05, 0) is 43.2 Å². The third kappa shape index (κ3) is 4.09. The molecule has 0 aliphatic rings. The Morgan fingerprint density at radius 2 is 1.67 bits per heavy atom. The summed E-state index contributed by atoms with van der Waals surface area (Å²) >= 11 is 0. The summed E-state index contributed by atoms with van der Waals surface area (Å²) in [5, 5.41) is 0. The molecule has 2 aromatic carbocycles. The van der Waals surface area contributed by atoms with Crippen LogP contribution in [0.15, 0.2) is 48.5 Å². The number of hydrogen-bond donors (Lipinski definition) is 1. The van der Waals surface area contributed by atoms with Crippen molar-refractivity contribution >= 4 is 17.3 Å². The molecule has 21 heavy (non-hydrogen) atoms. The van der Waals surface area contributed by atoms with Crippen LogP contribution in [0.25, 0.3) is 0 Å². The van der Waals surface area contributed by atoms with Gasteiger partial charge in [-0.2, -0.15) is 0 Å². The van der Waals surface area contributed by atoms with Gasteiger partial charge in [0.05, 0.1) is 6.42 Å². The molecule has 2 N–H and O–H groups in total. The van der Waals surface area contributed by atoms with E-state index in [9.17, 15) is 4.79 Å². The number of anilines is 2. The molecule has 0 aromatic heterocycles. The van der Waals surface area contributed by atoms with Gasteiger partial charge in [0.25, 0.3) is 0 Å². The van der Waals surface area contributed by atoms with Crippen LogP contribution >= 0.6 is 0 Å². The fraction of sp³-hybridized carbons (Fsp3) is 0.278. The van der Waals surface area contributed by atoms with Gasteiger partial charge in [0.1, 0.15) is 0 Å². The predicted octanol–water partition coefficient (Wildman–Crippen LogP) is 3.56. The van der Waals surface area contributed by atoms with E-state index in [1.807, 2.05) is 60.4 Å². The largest absolute Gasteiger partial charge is 0.399 e. The first-order valence-corrected chi connectivity index (χ1v) is 7.31. The van der Waals surface area contributed by atoms with Crippen LogP contribution < -0.4 is 10.6 Å². The highest BCUT2D eigenvalue weighted by molar-refractivity contribution is 5.94. The van der Waals surface area contributed by atoms with Crippen LogP contribution in [0.3, 0.4) is 0 Å². The standard InChI is InChI=1S/C18H22N2O/c1-3-12-20(17-10-8-16(19)9-11-17)18(21)13-15-6-4-14(2)5-7-15/h4-11H,3,12-13,19H2,1-2H3. The van der Waals surface area contributed by atoms with Gasteiger partial charge in [0.15, 0.2) is 0 Å². The Morgan fingerprint density at radius 1 is 1.05 bits per heavy atom. The number of carbonyl (C=O) groups is 1. The SMILES string of the molecule is CCCN(C(=O)Cc1ccc(C)cc1)c1ccc(N)cc1. The number of nitrogen functional groups attached to an aromatic ring is 1. The van der Waals surface area contributed by atoms with Crippen LogP contribution in [-0.4, -0.2) is 12.5 Å². The number of aryl methyl sites for hydroxylation is 1. The molecule has 0 atom stereocenters. The van der Waals surface area contributed by atoms with Gasteiger partial charge in [-0.25, -0.2) is 0 Å². The molecule has 2 rings (SSSR count). The first kappa shape index (κ1) is 15.1. The van der Waals surface area contributed by atoms with Gasteiger partial charge >= 0.3 is 0 Å². The molecule has 3 heteroatoms. The summed E-state index contributed by atoms with van der Waals surface area (Å²) in [5.41, 5.74) is 9.57. The molecule has 1 amide bonds. The maximum absolute atomic E-state index is 12.6. The van der Waals surface area contributed by atoms with Crippen molar-refractivity contribution in [3.05, 3.63) is 59.7 Å². The van der Waals surface area contributed by atoms with Crippen LogP contribution in [0.2, 0.25) is 0 Å². The van der Waals surface area contributed by atoms with E-state index < -0.39 is 0 Å². The molecular weight excluding hydrogens is 260 g/mol. The Hall–Kier alpha value is -2.29. The van der Waals surface area contributed by atoms with Gasteiger partial charge in [0.2, 0.25) is 5.91 Å². The lowest BCUT2D eigenvalue weighted by Crippen LogP contribution is -2.32. The second kappa shape index (κ2) is 6.93. The lowest BCUT2D eigenvalue weighted by Gasteiger charge is -2.22. The molecule has 110 valence electrons. The summed E-state index contributed by atoms with van der Waals surface area (Å²) in [5.74, 6) is 0.116. The normalized spacial score (nSPS) is 10.4. The van der Waals surface area contributed by atoms with Crippen LogP contribution in [0.5, 0.6) is 0 Å². The third-order valence-electron chi connectivity index (χ3n) is 3.43. The number of nitrogens with zero attached hydrogens (tertiary/aromatic N) is 1. The molecular formula is C18H22N2O. The van der Waals surface area contributed by atoms with Crippen molar-refractivity contribution in [2.45, 2.75) is 26.7 Å². The van der Waals surface area contributed by atoms with Crippen molar-refractivity contribution in [2.75, 3.05) is 17.2 Å². The second-order valence-corrected chi connectivity index (χ2v) is 5.30. The average Bonchev–Trinajstić information content (AvgIpc) is 2.48. The molecule has 0 aliphatic heterocycles. The van der Waals surface area contributed by atoms with Crippen molar-refractivity contribution < 1.29 is 4.79 Å². The minimum atomic E-state index is 0.116. The first-order valence-electron chi connectivity index (χ1n) is 7.31. The van der Waals surface area contributed by atoms with Gasteiger partial charge in [0, 0.05) is 17.9 Å². The lowest BCUT2D eigenvalue weighted by molar-refractivity contribution is -0.118. The topological polar surface area (TPSA) is 46.3 Å². The van der Waals surface area contributed by atoms with Gasteiger partial charge in [-0.3, -0.25) is 4.79 Å². The highest BCUT2D eigenvalue weighted by atomic mass is 16.2. The van der Waals surface area contributed by atoms with E-state index in [0.29, 0.717) is 18.7 Å². The van der Waals surface area contributed by atoms with Crippen molar-refractivity contribution in [3.8, 4) is 0 Å². The quantitative estimate of drug-likeness (QED) is 0.852. The third-order valence-corrected chi connectivity index (χ3v) is 3.43. The Morgan fingerprint density at radius 3 is 2.24 bits per heavy atom. The molecule has 0 fully saturated rings. The molecule has 0 saturated carbocycles. The van der Waals surface area contributed by atoms with E-state index in [1.165, 1.54) is 5.56 Å². The lowest BCUT2D eigenvalue weighted by atomic mass is 10.1. The summed E-state index contributed by atoms with van der Waals surface area (Å²) in [4.78, 5) is 14.4. The zero-order chi connectivity index (χ0) is 15.2. The van der Waals surface area contributed by atoms with Crippen LogP contribution in [-0.2, 0) is 11.2 Å². The number of rotatable bonds is 5. The van der Waals surface area contributed by atoms with E-state index in [1.54, 1.807) is 0 Å². The number of nitrogens with two attached hydrogens (primary N) is 1. The van der Waals surface area contributed by atoms with Crippen molar-refractivity contribution in [1.82, 2.24) is 0 Å². The molecule has 0 unspecified atom stereocenters. The number of amides is 1. The Kier molecular flexibility index (Phi) is 4.99. The van der Waals surface area contributed by atoms with Crippen molar-refractivity contribution in [3.63, 3.8) is 0 Å².